The third-order valence-electron chi connectivity index (χ3n) is 3.17. The average Bonchev–Trinajstić information content (AvgIpc) is 2.89. The van der Waals surface area contributed by atoms with Gasteiger partial charge >= 0.3 is 5.97 Å². The van der Waals surface area contributed by atoms with Crippen LogP contribution in [0, 0.1) is 0 Å². The summed E-state index contributed by atoms with van der Waals surface area (Å²) >= 11 is 0. The maximum Gasteiger partial charge on any atom is 0.329 e. The number of ether oxygens (including phenoxy) is 1. The van der Waals surface area contributed by atoms with Crippen molar-refractivity contribution in [3.8, 4) is 0 Å². The Kier molecular flexibility index (Phi) is 3.14. The number of amides is 1. The van der Waals surface area contributed by atoms with Gasteiger partial charge < -0.3 is 14.7 Å². The summed E-state index contributed by atoms with van der Waals surface area (Å²) in [6, 6.07) is -0.685. The Morgan fingerprint density at radius 1 is 1.38 bits per heavy atom. The summed E-state index contributed by atoms with van der Waals surface area (Å²) in [5.41, 5.74) is 0. The number of rotatable bonds is 4. The Labute approximate surface area is 94.4 Å². The predicted octanol–water partition coefficient (Wildman–Crippen LogP) is 0.629. The minimum Gasteiger partial charge on any atom is -0.480 e. The smallest absolute Gasteiger partial charge is 0.329 e. The van der Waals surface area contributed by atoms with Crippen molar-refractivity contribution in [2.75, 3.05) is 6.61 Å². The van der Waals surface area contributed by atoms with E-state index in [1.54, 1.807) is 0 Å². The first-order chi connectivity index (χ1) is 7.61. The second-order valence-electron chi connectivity index (χ2n) is 4.49. The Morgan fingerprint density at radius 2 is 2.06 bits per heavy atom. The molecule has 1 heterocycles. The summed E-state index contributed by atoms with van der Waals surface area (Å²) in [5, 5.41) is 9.26. The summed E-state index contributed by atoms with van der Waals surface area (Å²) in [6.45, 7) is 2.04. The number of hydrogen-bond acceptors (Lipinski definition) is 3. The molecule has 1 aliphatic carbocycles. The molecule has 0 bridgehead atoms. The van der Waals surface area contributed by atoms with Gasteiger partial charge in [0.05, 0.1) is 6.10 Å². The molecule has 1 aliphatic heterocycles. The number of carboxylic acids is 1. The molecule has 5 nitrogen and oxygen atoms in total. The van der Waals surface area contributed by atoms with Gasteiger partial charge in [0.15, 0.2) is 6.04 Å². The van der Waals surface area contributed by atoms with Gasteiger partial charge in [-0.25, -0.2) is 4.79 Å². The van der Waals surface area contributed by atoms with E-state index in [9.17, 15) is 14.7 Å². The van der Waals surface area contributed by atoms with Gasteiger partial charge in [0, 0.05) is 19.6 Å². The SMILES string of the molecule is CC(=O)N(C1CC1)C(C(=O)O)C1CCCO1. The van der Waals surface area contributed by atoms with Crippen molar-refractivity contribution in [1.29, 1.82) is 0 Å². The fourth-order valence-electron chi connectivity index (χ4n) is 2.34. The fourth-order valence-corrected chi connectivity index (χ4v) is 2.34. The second-order valence-corrected chi connectivity index (χ2v) is 4.49. The van der Waals surface area contributed by atoms with Crippen LogP contribution in [-0.2, 0) is 14.3 Å². The molecule has 2 unspecified atom stereocenters. The molecule has 1 saturated carbocycles. The third-order valence-corrected chi connectivity index (χ3v) is 3.17. The predicted molar refractivity (Wildman–Crippen MR) is 55.9 cm³/mol. The topological polar surface area (TPSA) is 66.8 Å². The van der Waals surface area contributed by atoms with E-state index in [2.05, 4.69) is 0 Å². The van der Waals surface area contributed by atoms with E-state index in [4.69, 9.17) is 4.74 Å². The Balaban J connectivity index is 2.15. The number of hydrogen-bond donors (Lipinski definition) is 1. The van der Waals surface area contributed by atoms with E-state index in [1.807, 2.05) is 0 Å². The highest BCUT2D eigenvalue weighted by Crippen LogP contribution is 2.32. The highest BCUT2D eigenvalue weighted by molar-refractivity contribution is 5.83. The zero-order chi connectivity index (χ0) is 11.7. The minimum atomic E-state index is -0.950. The van der Waals surface area contributed by atoms with Crippen LogP contribution in [0.5, 0.6) is 0 Å². The van der Waals surface area contributed by atoms with E-state index < -0.39 is 12.0 Å². The molecule has 0 aromatic rings. The maximum absolute atomic E-state index is 11.5. The van der Waals surface area contributed by atoms with Gasteiger partial charge in [-0.1, -0.05) is 0 Å². The van der Waals surface area contributed by atoms with Crippen LogP contribution in [0.2, 0.25) is 0 Å². The maximum atomic E-state index is 11.5. The highest BCUT2D eigenvalue weighted by atomic mass is 16.5. The zero-order valence-electron chi connectivity index (χ0n) is 9.39. The van der Waals surface area contributed by atoms with Crippen molar-refractivity contribution in [2.24, 2.45) is 0 Å². The highest BCUT2D eigenvalue weighted by Gasteiger charge is 2.44. The molecule has 90 valence electrons. The lowest BCUT2D eigenvalue weighted by Crippen LogP contribution is -2.52. The normalized spacial score (nSPS) is 26.4. The van der Waals surface area contributed by atoms with Crippen molar-refractivity contribution >= 4 is 11.9 Å². The van der Waals surface area contributed by atoms with Crippen LogP contribution in [0.15, 0.2) is 0 Å². The van der Waals surface area contributed by atoms with Crippen LogP contribution < -0.4 is 0 Å². The largest absolute Gasteiger partial charge is 0.480 e. The van der Waals surface area contributed by atoms with Crippen molar-refractivity contribution < 1.29 is 19.4 Å². The standard InChI is InChI=1S/C11H17NO4/c1-7(13)12(8-4-5-8)10(11(14)15)9-3-2-6-16-9/h8-10H,2-6H2,1H3,(H,14,15). The molecule has 0 aromatic carbocycles. The molecule has 2 atom stereocenters. The van der Waals surface area contributed by atoms with E-state index in [-0.39, 0.29) is 18.1 Å². The average molecular weight is 227 g/mol. The lowest BCUT2D eigenvalue weighted by molar-refractivity contribution is -0.155. The molecule has 5 heteroatoms. The molecule has 1 N–H and O–H groups in total. The van der Waals surface area contributed by atoms with Crippen LogP contribution in [0.4, 0.5) is 0 Å². The van der Waals surface area contributed by atoms with Crippen molar-refractivity contribution in [2.45, 2.75) is 50.8 Å². The van der Waals surface area contributed by atoms with Crippen LogP contribution in [-0.4, -0.2) is 46.7 Å². The summed E-state index contributed by atoms with van der Waals surface area (Å²) in [4.78, 5) is 24.3. The first-order valence-corrected chi connectivity index (χ1v) is 5.74. The van der Waals surface area contributed by atoms with Crippen LogP contribution in [0.25, 0.3) is 0 Å². The van der Waals surface area contributed by atoms with Crippen LogP contribution in [0.3, 0.4) is 0 Å². The summed E-state index contributed by atoms with van der Waals surface area (Å²) in [7, 11) is 0. The Morgan fingerprint density at radius 3 is 2.44 bits per heavy atom. The van der Waals surface area contributed by atoms with Crippen molar-refractivity contribution in [3.63, 3.8) is 0 Å². The number of carboxylic acid groups (broad SMARTS) is 1. The number of carbonyl (C=O) groups is 2. The number of aliphatic carboxylic acids is 1. The molecule has 1 amide bonds. The van der Waals surface area contributed by atoms with Gasteiger partial charge in [0.25, 0.3) is 0 Å². The first-order valence-electron chi connectivity index (χ1n) is 5.74. The molecule has 2 aliphatic rings. The lowest BCUT2D eigenvalue weighted by atomic mass is 10.1. The van der Waals surface area contributed by atoms with Crippen LogP contribution in [0.1, 0.15) is 32.6 Å². The molecule has 0 spiro atoms. The fraction of sp³-hybridized carbons (Fsp3) is 0.818. The van der Waals surface area contributed by atoms with Crippen LogP contribution >= 0.6 is 0 Å². The van der Waals surface area contributed by atoms with E-state index >= 15 is 0 Å². The van der Waals surface area contributed by atoms with Gasteiger partial charge in [-0.3, -0.25) is 4.79 Å². The minimum absolute atomic E-state index is 0.114. The molecule has 1 saturated heterocycles. The van der Waals surface area contributed by atoms with Crippen molar-refractivity contribution in [1.82, 2.24) is 4.90 Å². The van der Waals surface area contributed by atoms with Gasteiger partial charge in [0.2, 0.25) is 5.91 Å². The van der Waals surface area contributed by atoms with Gasteiger partial charge in [-0.2, -0.15) is 0 Å². The molecular weight excluding hydrogens is 210 g/mol. The molecule has 0 radical (unpaired) electrons. The Bertz CT molecular complexity index is 294. The van der Waals surface area contributed by atoms with E-state index in [1.165, 1.54) is 11.8 Å². The van der Waals surface area contributed by atoms with Gasteiger partial charge in [-0.15, -0.1) is 0 Å². The van der Waals surface area contributed by atoms with Gasteiger partial charge in [0.1, 0.15) is 0 Å². The first kappa shape index (κ1) is 11.4. The third kappa shape index (κ3) is 2.19. The van der Waals surface area contributed by atoms with Gasteiger partial charge in [-0.05, 0) is 25.7 Å². The van der Waals surface area contributed by atoms with E-state index in [0.29, 0.717) is 6.61 Å². The quantitative estimate of drug-likeness (QED) is 0.765. The summed E-state index contributed by atoms with van der Waals surface area (Å²) in [6.07, 6.45) is 3.10. The number of nitrogens with zero attached hydrogens (tertiary/aromatic N) is 1. The molecule has 0 aromatic heterocycles. The molecular formula is C11H17NO4. The molecule has 16 heavy (non-hydrogen) atoms. The van der Waals surface area contributed by atoms with Crippen molar-refractivity contribution in [3.05, 3.63) is 0 Å². The zero-order valence-corrected chi connectivity index (χ0v) is 9.39. The Hall–Kier alpha value is -1.10. The number of carbonyl (C=O) groups excluding carboxylic acids is 1. The second kappa shape index (κ2) is 4.41. The monoisotopic (exact) mass is 227 g/mol. The molecule has 2 fully saturated rings. The summed E-state index contributed by atoms with van der Waals surface area (Å²) in [5.74, 6) is -1.11. The lowest BCUT2D eigenvalue weighted by Gasteiger charge is -2.31. The summed E-state index contributed by atoms with van der Waals surface area (Å²) < 4.78 is 5.41. The van der Waals surface area contributed by atoms with E-state index in [0.717, 1.165) is 25.7 Å². The molecule has 2 rings (SSSR count).